The molecule has 1 aliphatic carbocycles. The second-order valence-electron chi connectivity index (χ2n) is 4.57. The summed E-state index contributed by atoms with van der Waals surface area (Å²) in [4.78, 5) is 0. The van der Waals surface area contributed by atoms with E-state index in [9.17, 15) is 10.2 Å². The first-order valence-corrected chi connectivity index (χ1v) is 5.81. The maximum Gasteiger partial charge on any atom is 0.126 e. The minimum Gasteiger partial charge on any atom is -0.508 e. The van der Waals surface area contributed by atoms with E-state index >= 15 is 0 Å². The number of rotatable bonds is 0. The summed E-state index contributed by atoms with van der Waals surface area (Å²) in [5.74, 6) is 0.592. The highest BCUT2D eigenvalue weighted by Gasteiger charge is 2.22. The van der Waals surface area contributed by atoms with E-state index in [1.165, 1.54) is 5.56 Å². The molecule has 0 aromatic heterocycles. The van der Waals surface area contributed by atoms with Gasteiger partial charge < -0.3 is 10.2 Å². The third kappa shape index (κ3) is 1.41. The highest BCUT2D eigenvalue weighted by molar-refractivity contribution is 5.81. The van der Waals surface area contributed by atoms with Gasteiger partial charge in [0.2, 0.25) is 0 Å². The summed E-state index contributed by atoms with van der Waals surface area (Å²) >= 11 is 0. The second kappa shape index (κ2) is 3.52. The predicted octanol–water partition coefficient (Wildman–Crippen LogP) is 3.17. The highest BCUT2D eigenvalue weighted by Crippen LogP contribution is 2.44. The number of hydrogen-bond acceptors (Lipinski definition) is 2. The summed E-state index contributed by atoms with van der Waals surface area (Å²) in [6, 6.07) is 9.70. The lowest BCUT2D eigenvalue weighted by Crippen LogP contribution is -2.05. The zero-order valence-electron chi connectivity index (χ0n) is 9.70. The first-order chi connectivity index (χ1) is 8.18. The van der Waals surface area contributed by atoms with Gasteiger partial charge in [-0.1, -0.05) is 24.3 Å². The Kier molecular flexibility index (Phi) is 2.11. The molecule has 0 spiro atoms. The monoisotopic (exact) mass is 226 g/mol. The Morgan fingerprint density at radius 3 is 2.65 bits per heavy atom. The van der Waals surface area contributed by atoms with Crippen LogP contribution in [0.5, 0.6) is 11.5 Å². The quantitative estimate of drug-likeness (QED) is 0.677. The molecule has 0 saturated carbocycles. The van der Waals surface area contributed by atoms with Crippen molar-refractivity contribution in [3.8, 4) is 22.6 Å². The fourth-order valence-corrected chi connectivity index (χ4v) is 2.61. The summed E-state index contributed by atoms with van der Waals surface area (Å²) in [6.45, 7) is 1.81. The molecule has 2 aromatic carbocycles. The number of hydrogen-bond donors (Lipinski definition) is 2. The fourth-order valence-electron chi connectivity index (χ4n) is 2.61. The van der Waals surface area contributed by atoms with Crippen LogP contribution in [0.2, 0.25) is 0 Å². The van der Waals surface area contributed by atoms with Gasteiger partial charge in [0.25, 0.3) is 0 Å². The van der Waals surface area contributed by atoms with Crippen LogP contribution in [0, 0.1) is 6.92 Å². The van der Waals surface area contributed by atoms with Crippen molar-refractivity contribution in [2.45, 2.75) is 19.8 Å². The zero-order valence-corrected chi connectivity index (χ0v) is 9.70. The van der Waals surface area contributed by atoms with E-state index in [2.05, 4.69) is 6.07 Å². The normalized spacial score (nSPS) is 13.0. The van der Waals surface area contributed by atoms with Gasteiger partial charge in [-0.25, -0.2) is 0 Å². The van der Waals surface area contributed by atoms with Gasteiger partial charge in [-0.2, -0.15) is 0 Å². The van der Waals surface area contributed by atoms with E-state index in [0.717, 1.165) is 35.1 Å². The smallest absolute Gasteiger partial charge is 0.126 e. The largest absolute Gasteiger partial charge is 0.508 e. The van der Waals surface area contributed by atoms with Crippen LogP contribution < -0.4 is 0 Å². The van der Waals surface area contributed by atoms with Crippen LogP contribution >= 0.6 is 0 Å². The average Bonchev–Trinajstić information content (AvgIpc) is 2.35. The molecule has 17 heavy (non-hydrogen) atoms. The van der Waals surface area contributed by atoms with Gasteiger partial charge in [-0.3, -0.25) is 0 Å². The molecule has 0 atom stereocenters. The first-order valence-electron chi connectivity index (χ1n) is 5.81. The molecule has 2 N–H and O–H groups in total. The standard InChI is InChI=1S/C15H14O2/c1-9-8-13(16)12-7-6-10-4-2-3-5-11(10)14(12)15(9)17/h2-5,8,16-17H,6-7H2,1H3. The molecular weight excluding hydrogens is 212 g/mol. The van der Waals surface area contributed by atoms with Crippen LogP contribution in [-0.4, -0.2) is 10.2 Å². The number of aryl methyl sites for hydroxylation is 2. The number of fused-ring (bicyclic) bond motifs is 3. The summed E-state index contributed by atoms with van der Waals surface area (Å²) < 4.78 is 0. The molecular formula is C15H14O2. The Labute approximate surface area is 100 Å². The van der Waals surface area contributed by atoms with E-state index in [-0.39, 0.29) is 0 Å². The average molecular weight is 226 g/mol. The molecule has 86 valence electrons. The Hall–Kier alpha value is -1.96. The maximum absolute atomic E-state index is 10.2. The molecule has 0 bridgehead atoms. The van der Waals surface area contributed by atoms with Crippen molar-refractivity contribution in [1.82, 2.24) is 0 Å². The van der Waals surface area contributed by atoms with E-state index in [1.54, 1.807) is 6.07 Å². The lowest BCUT2D eigenvalue weighted by molar-refractivity contribution is 0.452. The van der Waals surface area contributed by atoms with Gasteiger partial charge in [-0.15, -0.1) is 0 Å². The lowest BCUT2D eigenvalue weighted by Gasteiger charge is -2.22. The Morgan fingerprint density at radius 2 is 1.82 bits per heavy atom. The Morgan fingerprint density at radius 1 is 1.06 bits per heavy atom. The van der Waals surface area contributed by atoms with E-state index in [0.29, 0.717) is 11.5 Å². The molecule has 0 saturated heterocycles. The molecule has 0 amide bonds. The molecule has 0 aliphatic heterocycles. The van der Waals surface area contributed by atoms with Crippen LogP contribution in [0.25, 0.3) is 11.1 Å². The lowest BCUT2D eigenvalue weighted by atomic mass is 9.83. The van der Waals surface area contributed by atoms with Crippen LogP contribution in [0.1, 0.15) is 16.7 Å². The topological polar surface area (TPSA) is 40.5 Å². The molecule has 1 aliphatic rings. The molecule has 2 nitrogen and oxygen atoms in total. The van der Waals surface area contributed by atoms with Crippen molar-refractivity contribution >= 4 is 0 Å². The summed E-state index contributed by atoms with van der Waals surface area (Å²) in [5, 5.41) is 20.2. The van der Waals surface area contributed by atoms with E-state index in [4.69, 9.17) is 0 Å². The number of phenolic OH excluding ortho intramolecular Hbond substituents is 2. The van der Waals surface area contributed by atoms with Crippen LogP contribution in [0.15, 0.2) is 30.3 Å². The van der Waals surface area contributed by atoms with Crippen molar-refractivity contribution < 1.29 is 10.2 Å². The maximum atomic E-state index is 10.2. The molecule has 3 rings (SSSR count). The van der Waals surface area contributed by atoms with Gasteiger partial charge in [0.15, 0.2) is 0 Å². The van der Waals surface area contributed by atoms with Crippen molar-refractivity contribution in [3.05, 3.63) is 47.0 Å². The molecule has 0 radical (unpaired) electrons. The second-order valence-corrected chi connectivity index (χ2v) is 4.57. The predicted molar refractivity (Wildman–Crippen MR) is 67.4 cm³/mol. The minimum atomic E-state index is 0.296. The molecule has 0 heterocycles. The highest BCUT2D eigenvalue weighted by atomic mass is 16.3. The summed E-state index contributed by atoms with van der Waals surface area (Å²) in [6.07, 6.45) is 1.70. The van der Waals surface area contributed by atoms with Crippen molar-refractivity contribution in [2.75, 3.05) is 0 Å². The summed E-state index contributed by atoms with van der Waals surface area (Å²) in [5.41, 5.74) is 4.68. The SMILES string of the molecule is Cc1cc(O)c2c(c1O)-c1ccccc1CC2. The third-order valence-corrected chi connectivity index (χ3v) is 3.51. The van der Waals surface area contributed by atoms with Gasteiger partial charge in [0.05, 0.1) is 0 Å². The number of benzene rings is 2. The molecule has 0 unspecified atom stereocenters. The van der Waals surface area contributed by atoms with E-state index < -0.39 is 0 Å². The van der Waals surface area contributed by atoms with Gasteiger partial charge in [0.1, 0.15) is 11.5 Å². The molecule has 2 heteroatoms. The Balaban J connectivity index is 2.38. The van der Waals surface area contributed by atoms with Crippen LogP contribution in [0.4, 0.5) is 0 Å². The molecule has 2 aromatic rings. The third-order valence-electron chi connectivity index (χ3n) is 3.51. The van der Waals surface area contributed by atoms with Gasteiger partial charge >= 0.3 is 0 Å². The number of phenols is 2. The minimum absolute atomic E-state index is 0.296. The Bertz CT molecular complexity index is 600. The number of aromatic hydroxyl groups is 2. The van der Waals surface area contributed by atoms with Crippen molar-refractivity contribution in [1.29, 1.82) is 0 Å². The van der Waals surface area contributed by atoms with Crippen LogP contribution in [-0.2, 0) is 12.8 Å². The summed E-state index contributed by atoms with van der Waals surface area (Å²) in [7, 11) is 0. The first kappa shape index (κ1) is 10.2. The van der Waals surface area contributed by atoms with Gasteiger partial charge in [-0.05, 0) is 42.5 Å². The van der Waals surface area contributed by atoms with Gasteiger partial charge in [0, 0.05) is 11.1 Å². The zero-order chi connectivity index (χ0) is 12.0. The molecule has 0 fully saturated rings. The van der Waals surface area contributed by atoms with E-state index in [1.807, 2.05) is 25.1 Å². The van der Waals surface area contributed by atoms with Crippen molar-refractivity contribution in [3.63, 3.8) is 0 Å². The van der Waals surface area contributed by atoms with Crippen molar-refractivity contribution in [2.24, 2.45) is 0 Å². The fraction of sp³-hybridized carbons (Fsp3) is 0.200. The van der Waals surface area contributed by atoms with Crippen LogP contribution in [0.3, 0.4) is 0 Å².